The molecule has 0 bridgehead atoms. The monoisotopic (exact) mass is 334 g/mol. The molecule has 0 radical (unpaired) electrons. The Balaban J connectivity index is 2.82. The molecule has 0 aliphatic rings. The zero-order valence-corrected chi connectivity index (χ0v) is 12.5. The molecular weight excluding hydrogens is 320 g/mol. The molecule has 0 spiro atoms. The van der Waals surface area contributed by atoms with Gasteiger partial charge >= 0.3 is 0 Å². The number of nitrogens with one attached hydrogen (secondary N) is 2. The van der Waals surface area contributed by atoms with Gasteiger partial charge in [-0.15, -0.1) is 0 Å². The van der Waals surface area contributed by atoms with Crippen LogP contribution >= 0.6 is 27.5 Å². The molecule has 0 aliphatic carbocycles. The van der Waals surface area contributed by atoms with Crippen molar-refractivity contribution in [1.82, 2.24) is 5.43 Å². The average Bonchev–Trinajstić information content (AvgIpc) is 2.33. The fraction of sp³-hybridized carbons (Fsp3) is 0.364. The second kappa shape index (κ2) is 7.58. The van der Waals surface area contributed by atoms with Gasteiger partial charge in [-0.1, -0.05) is 27.5 Å². The topological polar surface area (TPSA) is 71.7 Å². The van der Waals surface area contributed by atoms with Crippen LogP contribution < -0.4 is 16.6 Å². The molecule has 0 amide bonds. The summed E-state index contributed by atoms with van der Waals surface area (Å²) in [5, 5.41) is 3.61. The van der Waals surface area contributed by atoms with Crippen molar-refractivity contribution in [2.45, 2.75) is 13.0 Å². The van der Waals surface area contributed by atoms with E-state index in [1.54, 1.807) is 13.2 Å². The van der Waals surface area contributed by atoms with E-state index in [0.717, 1.165) is 4.47 Å². The SMILES string of the molecule is COCC(C)N=C(NN)Nc1cc(Br)ccc1Cl. The lowest BCUT2D eigenvalue weighted by Crippen LogP contribution is -2.37. The number of hydrazine groups is 1. The summed E-state index contributed by atoms with van der Waals surface area (Å²) < 4.78 is 5.92. The zero-order valence-electron chi connectivity index (χ0n) is 10.2. The number of benzene rings is 1. The Morgan fingerprint density at radius 3 is 2.94 bits per heavy atom. The van der Waals surface area contributed by atoms with E-state index in [-0.39, 0.29) is 6.04 Å². The highest BCUT2D eigenvalue weighted by molar-refractivity contribution is 9.10. The molecule has 18 heavy (non-hydrogen) atoms. The first kappa shape index (κ1) is 15.2. The summed E-state index contributed by atoms with van der Waals surface area (Å²) in [6.45, 7) is 2.43. The highest BCUT2D eigenvalue weighted by atomic mass is 79.9. The van der Waals surface area contributed by atoms with Gasteiger partial charge in [-0.05, 0) is 25.1 Å². The third-order valence-electron chi connectivity index (χ3n) is 2.08. The van der Waals surface area contributed by atoms with Gasteiger partial charge in [-0.3, -0.25) is 5.43 Å². The van der Waals surface area contributed by atoms with Gasteiger partial charge in [-0.25, -0.2) is 10.8 Å². The first-order valence-corrected chi connectivity index (χ1v) is 6.49. The summed E-state index contributed by atoms with van der Waals surface area (Å²) in [5.41, 5.74) is 3.21. The summed E-state index contributed by atoms with van der Waals surface area (Å²) in [7, 11) is 1.63. The first-order valence-electron chi connectivity index (χ1n) is 5.32. The second-order valence-corrected chi connectivity index (χ2v) is 5.00. The van der Waals surface area contributed by atoms with E-state index in [1.807, 2.05) is 19.1 Å². The fourth-order valence-electron chi connectivity index (χ4n) is 1.33. The number of guanidine groups is 1. The number of hydrogen-bond acceptors (Lipinski definition) is 3. The van der Waals surface area contributed by atoms with Gasteiger partial charge in [0.15, 0.2) is 0 Å². The van der Waals surface area contributed by atoms with Crippen LogP contribution in [0.25, 0.3) is 0 Å². The van der Waals surface area contributed by atoms with Crippen LogP contribution in [0.5, 0.6) is 0 Å². The van der Waals surface area contributed by atoms with Crippen LogP contribution in [0.4, 0.5) is 5.69 Å². The molecule has 0 aliphatic heterocycles. The van der Waals surface area contributed by atoms with Crippen LogP contribution in [-0.2, 0) is 4.74 Å². The highest BCUT2D eigenvalue weighted by Crippen LogP contribution is 2.25. The molecule has 1 unspecified atom stereocenters. The van der Waals surface area contributed by atoms with Crippen LogP contribution in [0.15, 0.2) is 27.7 Å². The van der Waals surface area contributed by atoms with E-state index in [0.29, 0.717) is 23.3 Å². The van der Waals surface area contributed by atoms with Crippen LogP contribution in [0.1, 0.15) is 6.92 Å². The van der Waals surface area contributed by atoms with Gasteiger partial charge in [0, 0.05) is 11.6 Å². The highest BCUT2D eigenvalue weighted by Gasteiger charge is 2.06. The predicted octanol–water partition coefficient (Wildman–Crippen LogP) is 2.37. The molecule has 1 rings (SSSR count). The summed E-state index contributed by atoms with van der Waals surface area (Å²) in [6, 6.07) is 5.46. The average molecular weight is 336 g/mol. The van der Waals surface area contributed by atoms with Gasteiger partial charge in [0.1, 0.15) is 0 Å². The van der Waals surface area contributed by atoms with Crippen molar-refractivity contribution >= 4 is 39.2 Å². The number of nitrogens with two attached hydrogens (primary N) is 1. The van der Waals surface area contributed by atoms with Gasteiger partial charge in [0.25, 0.3) is 0 Å². The Labute approximate surface area is 120 Å². The minimum Gasteiger partial charge on any atom is -0.382 e. The maximum atomic E-state index is 6.06. The molecular formula is C11H16BrClN4O. The van der Waals surface area contributed by atoms with E-state index in [4.69, 9.17) is 22.2 Å². The Kier molecular flexibility index (Phi) is 6.42. The molecule has 100 valence electrons. The van der Waals surface area contributed by atoms with E-state index in [2.05, 4.69) is 31.7 Å². The molecule has 1 aromatic rings. The maximum Gasteiger partial charge on any atom is 0.210 e. The molecule has 0 heterocycles. The van der Waals surface area contributed by atoms with E-state index in [1.165, 1.54) is 0 Å². The molecule has 0 fully saturated rings. The number of anilines is 1. The molecule has 5 nitrogen and oxygen atoms in total. The fourth-order valence-corrected chi connectivity index (χ4v) is 1.85. The lowest BCUT2D eigenvalue weighted by molar-refractivity contribution is 0.185. The number of aliphatic imine (C=N–C) groups is 1. The normalized spacial score (nSPS) is 13.3. The summed E-state index contributed by atoms with van der Waals surface area (Å²) in [5.74, 6) is 5.84. The number of ether oxygens (including phenoxy) is 1. The van der Waals surface area contributed by atoms with Crippen molar-refractivity contribution in [2.75, 3.05) is 19.0 Å². The van der Waals surface area contributed by atoms with Crippen LogP contribution in [-0.4, -0.2) is 25.7 Å². The molecule has 0 aromatic heterocycles. The number of nitrogens with zero attached hydrogens (tertiary/aromatic N) is 1. The minimum atomic E-state index is -0.0144. The Morgan fingerprint density at radius 1 is 1.61 bits per heavy atom. The summed E-state index contributed by atoms with van der Waals surface area (Å²) >= 11 is 9.44. The smallest absolute Gasteiger partial charge is 0.210 e. The molecule has 0 saturated carbocycles. The van der Waals surface area contributed by atoms with Crippen molar-refractivity contribution in [3.05, 3.63) is 27.7 Å². The van der Waals surface area contributed by atoms with Gasteiger partial charge in [0.2, 0.25) is 5.96 Å². The van der Waals surface area contributed by atoms with Gasteiger partial charge in [-0.2, -0.15) is 0 Å². The number of halogens is 2. The third-order valence-corrected chi connectivity index (χ3v) is 2.90. The maximum absolute atomic E-state index is 6.06. The zero-order chi connectivity index (χ0) is 13.5. The minimum absolute atomic E-state index is 0.0144. The quantitative estimate of drug-likeness (QED) is 0.342. The standard InChI is InChI=1S/C11H16BrClN4O/c1-7(6-18-2)15-11(17-14)16-10-5-8(12)3-4-9(10)13/h3-5,7H,6,14H2,1-2H3,(H2,15,16,17). The Bertz CT molecular complexity index is 428. The van der Waals surface area contributed by atoms with Crippen LogP contribution in [0, 0.1) is 0 Å². The van der Waals surface area contributed by atoms with E-state index >= 15 is 0 Å². The summed E-state index contributed by atoms with van der Waals surface area (Å²) in [6.07, 6.45) is 0. The molecule has 1 aromatic carbocycles. The van der Waals surface area contributed by atoms with Gasteiger partial charge < -0.3 is 10.1 Å². The Morgan fingerprint density at radius 2 is 2.33 bits per heavy atom. The molecule has 4 N–H and O–H groups in total. The largest absolute Gasteiger partial charge is 0.382 e. The second-order valence-electron chi connectivity index (χ2n) is 3.68. The lowest BCUT2D eigenvalue weighted by atomic mass is 10.3. The lowest BCUT2D eigenvalue weighted by Gasteiger charge is -2.13. The first-order chi connectivity index (χ1) is 8.56. The van der Waals surface area contributed by atoms with Crippen molar-refractivity contribution in [1.29, 1.82) is 0 Å². The number of methoxy groups -OCH3 is 1. The van der Waals surface area contributed by atoms with Crippen molar-refractivity contribution in [3.63, 3.8) is 0 Å². The molecule has 0 saturated heterocycles. The number of rotatable bonds is 4. The number of hydrogen-bond donors (Lipinski definition) is 3. The van der Waals surface area contributed by atoms with E-state index < -0.39 is 0 Å². The summed E-state index contributed by atoms with van der Waals surface area (Å²) in [4.78, 5) is 4.32. The van der Waals surface area contributed by atoms with Crippen LogP contribution in [0.3, 0.4) is 0 Å². The molecule has 1 atom stereocenters. The van der Waals surface area contributed by atoms with Gasteiger partial charge in [0.05, 0.1) is 23.4 Å². The predicted molar refractivity (Wildman–Crippen MR) is 78.9 cm³/mol. The van der Waals surface area contributed by atoms with Crippen molar-refractivity contribution in [2.24, 2.45) is 10.8 Å². The van der Waals surface area contributed by atoms with Crippen molar-refractivity contribution in [3.8, 4) is 0 Å². The van der Waals surface area contributed by atoms with Crippen molar-refractivity contribution < 1.29 is 4.74 Å². The van der Waals surface area contributed by atoms with Crippen LogP contribution in [0.2, 0.25) is 5.02 Å². The Hall–Kier alpha value is -0.820. The molecule has 7 heteroatoms. The third kappa shape index (κ3) is 4.81. The van der Waals surface area contributed by atoms with E-state index in [9.17, 15) is 0 Å².